The lowest BCUT2D eigenvalue weighted by atomic mass is 10.2. The molecule has 1 aromatic heterocycles. The van der Waals surface area contributed by atoms with Gasteiger partial charge in [0.2, 0.25) is 5.91 Å². The first-order chi connectivity index (χ1) is 15.5. The van der Waals surface area contributed by atoms with Crippen LogP contribution in [0.1, 0.15) is 18.1 Å². The number of anilines is 1. The van der Waals surface area contributed by atoms with E-state index in [0.717, 1.165) is 5.56 Å². The number of carbonyl (C=O) groups is 2. The number of halogens is 1. The van der Waals surface area contributed by atoms with Crippen molar-refractivity contribution in [2.75, 3.05) is 12.4 Å². The van der Waals surface area contributed by atoms with Gasteiger partial charge in [0.25, 0.3) is 0 Å². The van der Waals surface area contributed by atoms with Gasteiger partial charge in [0.15, 0.2) is 17.2 Å². The van der Waals surface area contributed by atoms with Crippen LogP contribution >= 0.6 is 11.6 Å². The Kier molecular flexibility index (Phi) is 7.83. The maximum absolute atomic E-state index is 12.5. The SMILES string of the molecule is COc1ccc(/C=C/C(=O)Nc2cccc(Cl)c2OCc2ccncc2)cc1OC(C)=O. The van der Waals surface area contributed by atoms with Gasteiger partial charge in [0.1, 0.15) is 6.61 Å². The number of hydrogen-bond donors (Lipinski definition) is 1. The molecule has 8 heteroatoms. The second kappa shape index (κ2) is 11.0. The van der Waals surface area contributed by atoms with E-state index < -0.39 is 5.97 Å². The van der Waals surface area contributed by atoms with Crippen LogP contribution < -0.4 is 19.5 Å². The number of methoxy groups -OCH3 is 1. The van der Waals surface area contributed by atoms with Crippen LogP contribution in [-0.4, -0.2) is 24.0 Å². The van der Waals surface area contributed by atoms with Crippen LogP contribution in [0.2, 0.25) is 5.02 Å². The highest BCUT2D eigenvalue weighted by Gasteiger charge is 2.11. The first-order valence-electron chi connectivity index (χ1n) is 9.62. The van der Waals surface area contributed by atoms with Crippen LogP contribution in [0.15, 0.2) is 67.0 Å². The predicted octanol–water partition coefficient (Wildman–Crippen LogP) is 4.90. The summed E-state index contributed by atoms with van der Waals surface area (Å²) in [7, 11) is 1.48. The number of carbonyl (C=O) groups excluding carboxylic acids is 2. The Morgan fingerprint density at radius 2 is 1.88 bits per heavy atom. The summed E-state index contributed by atoms with van der Waals surface area (Å²) in [5.41, 5.74) is 2.01. The molecule has 2 aromatic carbocycles. The molecule has 164 valence electrons. The molecular weight excluding hydrogens is 432 g/mol. The summed E-state index contributed by atoms with van der Waals surface area (Å²) in [5.74, 6) is 0.198. The van der Waals surface area contributed by atoms with Gasteiger partial charge in [0.05, 0.1) is 17.8 Å². The highest BCUT2D eigenvalue weighted by atomic mass is 35.5. The number of benzene rings is 2. The summed E-state index contributed by atoms with van der Waals surface area (Å²) in [6.45, 7) is 1.57. The normalized spacial score (nSPS) is 10.6. The molecule has 3 aromatic rings. The minimum atomic E-state index is -0.470. The van der Waals surface area contributed by atoms with Gasteiger partial charge in [-0.15, -0.1) is 0 Å². The molecule has 0 atom stereocenters. The summed E-state index contributed by atoms with van der Waals surface area (Å²) in [4.78, 5) is 27.7. The van der Waals surface area contributed by atoms with E-state index in [0.29, 0.717) is 27.8 Å². The maximum atomic E-state index is 12.5. The molecule has 0 aliphatic rings. The molecule has 32 heavy (non-hydrogen) atoms. The second-order valence-corrected chi connectivity index (χ2v) is 6.99. The van der Waals surface area contributed by atoms with E-state index in [2.05, 4.69) is 10.3 Å². The van der Waals surface area contributed by atoms with Crippen LogP contribution in [0, 0.1) is 0 Å². The van der Waals surface area contributed by atoms with Gasteiger partial charge in [0, 0.05) is 25.4 Å². The van der Waals surface area contributed by atoms with Crippen molar-refractivity contribution in [1.82, 2.24) is 4.98 Å². The molecule has 0 spiro atoms. The number of para-hydroxylation sites is 1. The fourth-order valence-corrected chi connectivity index (χ4v) is 3.00. The lowest BCUT2D eigenvalue weighted by molar-refractivity contribution is -0.132. The van der Waals surface area contributed by atoms with E-state index in [1.165, 1.54) is 20.1 Å². The third-order valence-corrected chi connectivity index (χ3v) is 4.52. The topological polar surface area (TPSA) is 86.8 Å². The average Bonchev–Trinajstić information content (AvgIpc) is 2.78. The predicted molar refractivity (Wildman–Crippen MR) is 122 cm³/mol. The van der Waals surface area contributed by atoms with Crippen molar-refractivity contribution in [3.63, 3.8) is 0 Å². The zero-order valence-corrected chi connectivity index (χ0v) is 18.3. The summed E-state index contributed by atoms with van der Waals surface area (Å²) in [5, 5.41) is 3.15. The van der Waals surface area contributed by atoms with Crippen molar-refractivity contribution in [3.05, 3.63) is 83.2 Å². The zero-order chi connectivity index (χ0) is 22.9. The Hall–Kier alpha value is -3.84. The van der Waals surface area contributed by atoms with Crippen LogP contribution in [0.4, 0.5) is 5.69 Å². The number of ether oxygens (including phenoxy) is 3. The highest BCUT2D eigenvalue weighted by Crippen LogP contribution is 2.34. The Balaban J connectivity index is 1.71. The monoisotopic (exact) mass is 452 g/mol. The summed E-state index contributed by atoms with van der Waals surface area (Å²) < 4.78 is 16.1. The number of pyridine rings is 1. The lowest BCUT2D eigenvalue weighted by Gasteiger charge is -2.13. The Labute approximate surface area is 190 Å². The summed E-state index contributed by atoms with van der Waals surface area (Å²) in [6, 6.07) is 13.8. The largest absolute Gasteiger partial charge is 0.493 e. The number of hydrogen-bond acceptors (Lipinski definition) is 6. The van der Waals surface area contributed by atoms with Gasteiger partial charge in [-0.1, -0.05) is 23.7 Å². The number of nitrogens with zero attached hydrogens (tertiary/aromatic N) is 1. The van der Waals surface area contributed by atoms with E-state index in [-0.39, 0.29) is 18.3 Å². The molecule has 0 unspecified atom stereocenters. The van der Waals surface area contributed by atoms with E-state index in [1.807, 2.05) is 12.1 Å². The third kappa shape index (κ3) is 6.33. The molecule has 0 aliphatic carbocycles. The van der Waals surface area contributed by atoms with Crippen LogP contribution in [0.3, 0.4) is 0 Å². The second-order valence-electron chi connectivity index (χ2n) is 6.59. The fraction of sp³-hybridized carbons (Fsp3) is 0.125. The van der Waals surface area contributed by atoms with E-state index in [4.69, 9.17) is 25.8 Å². The van der Waals surface area contributed by atoms with Crippen molar-refractivity contribution in [1.29, 1.82) is 0 Å². The molecule has 0 radical (unpaired) electrons. The Morgan fingerprint density at radius 1 is 1.09 bits per heavy atom. The van der Waals surface area contributed by atoms with Gasteiger partial charge in [-0.05, 0) is 53.6 Å². The first kappa shape index (κ1) is 22.8. The number of amides is 1. The standard InChI is InChI=1S/C24H21ClN2O5/c1-16(28)32-22-14-17(6-8-21(22)30-2)7-9-23(29)27-20-5-3-4-19(25)24(20)31-15-18-10-12-26-13-11-18/h3-14H,15H2,1-2H3,(H,27,29)/b9-7+. The Morgan fingerprint density at radius 3 is 2.59 bits per heavy atom. The van der Waals surface area contributed by atoms with Crippen molar-refractivity contribution >= 4 is 35.2 Å². The Bertz CT molecular complexity index is 1130. The van der Waals surface area contributed by atoms with Crippen LogP contribution in [0.5, 0.6) is 17.2 Å². The van der Waals surface area contributed by atoms with Crippen molar-refractivity contribution in [3.8, 4) is 17.2 Å². The number of rotatable bonds is 8. The van der Waals surface area contributed by atoms with Crippen LogP contribution in [-0.2, 0) is 16.2 Å². The number of esters is 1. The minimum Gasteiger partial charge on any atom is -0.493 e. The summed E-state index contributed by atoms with van der Waals surface area (Å²) in [6.07, 6.45) is 6.28. The molecule has 7 nitrogen and oxygen atoms in total. The van der Waals surface area contributed by atoms with Crippen molar-refractivity contribution < 1.29 is 23.8 Å². The zero-order valence-electron chi connectivity index (χ0n) is 17.5. The molecule has 0 bridgehead atoms. The first-order valence-corrected chi connectivity index (χ1v) is 10.00. The fourth-order valence-electron chi connectivity index (χ4n) is 2.77. The molecule has 1 amide bonds. The van der Waals surface area contributed by atoms with Crippen LogP contribution in [0.25, 0.3) is 6.08 Å². The molecule has 0 saturated heterocycles. The van der Waals surface area contributed by atoms with E-state index in [9.17, 15) is 9.59 Å². The minimum absolute atomic E-state index is 0.268. The van der Waals surface area contributed by atoms with E-state index >= 15 is 0 Å². The van der Waals surface area contributed by atoms with Gasteiger partial charge in [-0.3, -0.25) is 14.6 Å². The van der Waals surface area contributed by atoms with E-state index in [1.54, 1.807) is 54.9 Å². The van der Waals surface area contributed by atoms with Gasteiger partial charge < -0.3 is 19.5 Å². The number of aromatic nitrogens is 1. The average molecular weight is 453 g/mol. The van der Waals surface area contributed by atoms with Gasteiger partial charge in [-0.2, -0.15) is 0 Å². The molecule has 0 fully saturated rings. The van der Waals surface area contributed by atoms with Gasteiger partial charge >= 0.3 is 5.97 Å². The quantitative estimate of drug-likeness (QED) is 0.297. The number of nitrogens with one attached hydrogen (secondary N) is 1. The molecule has 0 saturated carbocycles. The molecular formula is C24H21ClN2O5. The smallest absolute Gasteiger partial charge is 0.308 e. The molecule has 1 heterocycles. The van der Waals surface area contributed by atoms with Crippen molar-refractivity contribution in [2.24, 2.45) is 0 Å². The molecule has 3 rings (SSSR count). The maximum Gasteiger partial charge on any atom is 0.308 e. The summed E-state index contributed by atoms with van der Waals surface area (Å²) >= 11 is 6.28. The highest BCUT2D eigenvalue weighted by molar-refractivity contribution is 6.32. The molecule has 0 aliphatic heterocycles. The van der Waals surface area contributed by atoms with Crippen molar-refractivity contribution in [2.45, 2.75) is 13.5 Å². The lowest BCUT2D eigenvalue weighted by Crippen LogP contribution is -2.10. The third-order valence-electron chi connectivity index (χ3n) is 4.23. The van der Waals surface area contributed by atoms with Gasteiger partial charge in [-0.25, -0.2) is 0 Å². The molecule has 1 N–H and O–H groups in total.